The van der Waals surface area contributed by atoms with E-state index in [1.165, 1.54) is 12.0 Å². The Morgan fingerprint density at radius 1 is 1.22 bits per heavy atom. The Bertz CT molecular complexity index is 1020. The molecule has 0 bridgehead atoms. The van der Waals surface area contributed by atoms with Crippen molar-refractivity contribution < 1.29 is 14.3 Å². The van der Waals surface area contributed by atoms with E-state index in [9.17, 15) is 9.59 Å². The van der Waals surface area contributed by atoms with Gasteiger partial charge in [0.25, 0.3) is 11.8 Å². The minimum atomic E-state index is -0.405. The van der Waals surface area contributed by atoms with E-state index in [-0.39, 0.29) is 11.8 Å². The van der Waals surface area contributed by atoms with Crippen molar-refractivity contribution in [1.82, 2.24) is 15.2 Å². The largest absolute Gasteiger partial charge is 0.478 e. The fourth-order valence-electron chi connectivity index (χ4n) is 4.96. The molecule has 1 aromatic heterocycles. The van der Waals surface area contributed by atoms with Crippen LogP contribution in [-0.2, 0) is 11.3 Å². The number of anilines is 2. The van der Waals surface area contributed by atoms with Gasteiger partial charge in [0.1, 0.15) is 11.4 Å². The Balaban J connectivity index is 1.26. The highest BCUT2D eigenvalue weighted by Gasteiger charge is 2.43. The molecule has 168 valence electrons. The van der Waals surface area contributed by atoms with Gasteiger partial charge in [-0.3, -0.25) is 14.5 Å². The quantitative estimate of drug-likeness (QED) is 0.750. The summed E-state index contributed by atoms with van der Waals surface area (Å²) < 4.78 is 5.82. The second-order valence-corrected chi connectivity index (χ2v) is 8.69. The van der Waals surface area contributed by atoms with Crippen LogP contribution in [0.5, 0.6) is 5.75 Å². The molecule has 1 saturated heterocycles. The van der Waals surface area contributed by atoms with Crippen LogP contribution in [0.15, 0.2) is 36.5 Å². The van der Waals surface area contributed by atoms with Crippen LogP contribution in [0.2, 0.25) is 0 Å². The molecule has 0 radical (unpaired) electrons. The lowest BCUT2D eigenvalue weighted by Gasteiger charge is -2.54. The number of pyridine rings is 1. The Morgan fingerprint density at radius 3 is 2.75 bits per heavy atom. The number of amides is 2. The van der Waals surface area contributed by atoms with E-state index >= 15 is 0 Å². The summed E-state index contributed by atoms with van der Waals surface area (Å²) in [5.41, 5.74) is 3.46. The first-order valence-electron chi connectivity index (χ1n) is 11.4. The standard InChI is InChI=1S/C24H29N5O3/c1-3-21-24(31)27-18-12-15(4-9-22(18)32-21)14-28-10-11-29(20-8-7-19(20)28)16-5-6-17(26-13-16)23(30)25-2/h4-6,9,12-13,19-21H,3,7-8,10-11,14H2,1-2H3,(H,25,30)(H,27,31)/t19?,20?,21-/m0/s1. The summed E-state index contributed by atoms with van der Waals surface area (Å²) in [4.78, 5) is 33.2. The number of rotatable bonds is 5. The number of nitrogens with zero attached hydrogens (tertiary/aromatic N) is 3. The van der Waals surface area contributed by atoms with Gasteiger partial charge in [-0.05, 0) is 49.1 Å². The average molecular weight is 436 g/mol. The van der Waals surface area contributed by atoms with Crippen molar-refractivity contribution >= 4 is 23.2 Å². The molecule has 1 saturated carbocycles. The molecule has 2 fully saturated rings. The number of fused-ring (bicyclic) bond motifs is 2. The summed E-state index contributed by atoms with van der Waals surface area (Å²) in [6, 6.07) is 10.9. The third-order valence-electron chi connectivity index (χ3n) is 6.86. The van der Waals surface area contributed by atoms with Crippen molar-refractivity contribution in [2.75, 3.05) is 30.4 Å². The molecule has 2 unspecified atom stereocenters. The average Bonchev–Trinajstić information content (AvgIpc) is 2.79. The van der Waals surface area contributed by atoms with E-state index in [0.29, 0.717) is 24.2 Å². The van der Waals surface area contributed by atoms with Crippen LogP contribution >= 0.6 is 0 Å². The van der Waals surface area contributed by atoms with Gasteiger partial charge in [0, 0.05) is 38.8 Å². The third kappa shape index (κ3) is 3.68. The van der Waals surface area contributed by atoms with Gasteiger partial charge < -0.3 is 20.3 Å². The predicted molar refractivity (Wildman–Crippen MR) is 122 cm³/mol. The fraction of sp³-hybridized carbons (Fsp3) is 0.458. The van der Waals surface area contributed by atoms with Crippen molar-refractivity contribution in [2.45, 2.75) is 50.9 Å². The molecule has 2 aromatic rings. The Hall–Kier alpha value is -3.13. The van der Waals surface area contributed by atoms with Crippen molar-refractivity contribution in [3.8, 4) is 5.75 Å². The van der Waals surface area contributed by atoms with Crippen LogP contribution < -0.4 is 20.3 Å². The number of hydrogen-bond donors (Lipinski definition) is 2. The number of ether oxygens (including phenoxy) is 1. The van der Waals surface area contributed by atoms with E-state index in [2.05, 4.69) is 31.5 Å². The predicted octanol–water partition coefficient (Wildman–Crippen LogP) is 2.40. The number of aromatic nitrogens is 1. The summed E-state index contributed by atoms with van der Waals surface area (Å²) >= 11 is 0. The van der Waals surface area contributed by atoms with Gasteiger partial charge in [0.15, 0.2) is 6.10 Å². The van der Waals surface area contributed by atoms with E-state index in [1.54, 1.807) is 13.1 Å². The molecular weight excluding hydrogens is 406 g/mol. The minimum Gasteiger partial charge on any atom is -0.478 e. The first kappa shape index (κ1) is 20.8. The first-order valence-corrected chi connectivity index (χ1v) is 11.4. The molecule has 3 atom stereocenters. The van der Waals surface area contributed by atoms with Gasteiger partial charge in [0.05, 0.1) is 17.6 Å². The number of benzene rings is 1. The molecule has 3 aliphatic rings. The minimum absolute atomic E-state index is 0.0686. The highest BCUT2D eigenvalue weighted by atomic mass is 16.5. The van der Waals surface area contributed by atoms with Crippen molar-refractivity contribution in [2.24, 2.45) is 0 Å². The molecule has 8 nitrogen and oxygen atoms in total. The molecule has 2 amide bonds. The lowest BCUT2D eigenvalue weighted by atomic mass is 9.81. The zero-order valence-corrected chi connectivity index (χ0v) is 18.5. The van der Waals surface area contributed by atoms with Crippen molar-refractivity contribution in [3.05, 3.63) is 47.8 Å². The Kier molecular flexibility index (Phi) is 5.46. The number of carbonyl (C=O) groups is 2. The third-order valence-corrected chi connectivity index (χ3v) is 6.86. The molecule has 2 aliphatic heterocycles. The monoisotopic (exact) mass is 435 g/mol. The van der Waals surface area contributed by atoms with Gasteiger partial charge in [-0.25, -0.2) is 4.98 Å². The normalized spacial score (nSPS) is 24.5. The SMILES string of the molecule is CC[C@@H]1Oc2ccc(CN3CCN(c4ccc(C(=O)NC)nc4)C4CCC43)cc2NC1=O. The summed E-state index contributed by atoms with van der Waals surface area (Å²) in [5.74, 6) is 0.514. The Morgan fingerprint density at radius 2 is 2.06 bits per heavy atom. The lowest BCUT2D eigenvalue weighted by Crippen LogP contribution is -2.64. The molecule has 32 heavy (non-hydrogen) atoms. The van der Waals surface area contributed by atoms with Gasteiger partial charge in [-0.1, -0.05) is 13.0 Å². The van der Waals surface area contributed by atoms with Crippen LogP contribution in [0.3, 0.4) is 0 Å². The smallest absolute Gasteiger partial charge is 0.269 e. The maximum Gasteiger partial charge on any atom is 0.269 e. The number of hydrogen-bond acceptors (Lipinski definition) is 6. The van der Waals surface area contributed by atoms with Crippen LogP contribution in [-0.4, -0.2) is 60.0 Å². The van der Waals surface area contributed by atoms with Crippen molar-refractivity contribution in [3.63, 3.8) is 0 Å². The summed E-state index contributed by atoms with van der Waals surface area (Å²) in [6.07, 6.45) is 4.39. The molecular formula is C24H29N5O3. The number of carbonyl (C=O) groups excluding carboxylic acids is 2. The maximum absolute atomic E-state index is 12.2. The van der Waals surface area contributed by atoms with E-state index in [4.69, 9.17) is 4.74 Å². The molecule has 5 rings (SSSR count). The van der Waals surface area contributed by atoms with E-state index < -0.39 is 6.10 Å². The van der Waals surface area contributed by atoms with Gasteiger partial charge in [-0.15, -0.1) is 0 Å². The van der Waals surface area contributed by atoms with Crippen LogP contribution in [0.1, 0.15) is 42.2 Å². The van der Waals surface area contributed by atoms with Gasteiger partial charge >= 0.3 is 0 Å². The number of piperazine rings is 1. The molecule has 1 aromatic carbocycles. The highest BCUT2D eigenvalue weighted by Crippen LogP contribution is 2.38. The van der Waals surface area contributed by atoms with E-state index in [1.807, 2.05) is 31.3 Å². The summed E-state index contributed by atoms with van der Waals surface area (Å²) in [7, 11) is 1.61. The molecule has 8 heteroatoms. The van der Waals surface area contributed by atoms with Gasteiger partial charge in [0.2, 0.25) is 0 Å². The maximum atomic E-state index is 12.2. The summed E-state index contributed by atoms with van der Waals surface area (Å²) in [5, 5.41) is 5.60. The molecule has 2 N–H and O–H groups in total. The fourth-order valence-corrected chi connectivity index (χ4v) is 4.96. The Labute approximate surface area is 187 Å². The van der Waals surface area contributed by atoms with Crippen LogP contribution in [0.4, 0.5) is 11.4 Å². The molecule has 0 spiro atoms. The van der Waals surface area contributed by atoms with Gasteiger partial charge in [-0.2, -0.15) is 0 Å². The van der Waals surface area contributed by atoms with E-state index in [0.717, 1.165) is 43.2 Å². The highest BCUT2D eigenvalue weighted by molar-refractivity contribution is 5.97. The second kappa shape index (κ2) is 8.43. The van der Waals surface area contributed by atoms with Crippen molar-refractivity contribution in [1.29, 1.82) is 0 Å². The van der Waals surface area contributed by atoms with Crippen LogP contribution in [0, 0.1) is 0 Å². The summed E-state index contributed by atoms with van der Waals surface area (Å²) in [6.45, 7) is 4.68. The molecule has 1 aliphatic carbocycles. The lowest BCUT2D eigenvalue weighted by molar-refractivity contribution is -0.123. The zero-order chi connectivity index (χ0) is 22.2. The molecule has 3 heterocycles. The topological polar surface area (TPSA) is 86.8 Å². The second-order valence-electron chi connectivity index (χ2n) is 8.69. The first-order chi connectivity index (χ1) is 15.6. The zero-order valence-electron chi connectivity index (χ0n) is 18.5. The van der Waals surface area contributed by atoms with Crippen LogP contribution in [0.25, 0.3) is 0 Å². The number of nitrogens with one attached hydrogen (secondary N) is 2.